The van der Waals surface area contributed by atoms with E-state index >= 15 is 0 Å². The maximum atomic E-state index is 13.7. The van der Waals surface area contributed by atoms with Crippen molar-refractivity contribution in [2.45, 2.75) is 12.6 Å². The van der Waals surface area contributed by atoms with E-state index in [0.29, 0.717) is 26.0 Å². The number of halogens is 3. The van der Waals surface area contributed by atoms with Gasteiger partial charge in [-0.3, -0.25) is 0 Å². The summed E-state index contributed by atoms with van der Waals surface area (Å²) < 4.78 is 27.5. The Morgan fingerprint density at radius 3 is 2.33 bits per heavy atom. The molecule has 124 valence electrons. The minimum absolute atomic E-state index is 0.0663. The fraction of sp³-hybridized carbons (Fsp3) is 0.188. The zero-order chi connectivity index (χ0) is 17.9. The molecule has 24 heavy (non-hydrogen) atoms. The Balaban J connectivity index is 2.23. The van der Waals surface area contributed by atoms with Crippen molar-refractivity contribution in [3.63, 3.8) is 0 Å². The van der Waals surface area contributed by atoms with Crippen molar-refractivity contribution in [3.05, 3.63) is 44.8 Å². The second-order valence-electron chi connectivity index (χ2n) is 4.84. The van der Waals surface area contributed by atoms with Crippen molar-refractivity contribution < 1.29 is 18.7 Å². The third kappa shape index (κ3) is 5.11. The van der Waals surface area contributed by atoms with Gasteiger partial charge in [0, 0.05) is 0 Å². The zero-order valence-electron chi connectivity index (χ0n) is 12.4. The quantitative estimate of drug-likeness (QED) is 0.404. The van der Waals surface area contributed by atoms with Crippen LogP contribution < -0.4 is 13.4 Å². The average molecular weight is 580 g/mol. The molecule has 2 aromatic rings. The fourth-order valence-electron chi connectivity index (χ4n) is 1.93. The van der Waals surface area contributed by atoms with Crippen molar-refractivity contribution in [1.29, 1.82) is 0 Å². The van der Waals surface area contributed by atoms with Gasteiger partial charge in [0.15, 0.2) is 0 Å². The van der Waals surface area contributed by atoms with Gasteiger partial charge in [-0.15, -0.1) is 0 Å². The third-order valence-corrected chi connectivity index (χ3v) is 6.70. The van der Waals surface area contributed by atoms with Crippen LogP contribution in [0.4, 0.5) is 4.39 Å². The Bertz CT molecular complexity index is 748. The van der Waals surface area contributed by atoms with Crippen LogP contribution in [-0.4, -0.2) is 53.0 Å². The summed E-state index contributed by atoms with van der Waals surface area (Å²) in [6.45, 7) is 0. The summed E-state index contributed by atoms with van der Waals surface area (Å²) >= 11 is 11.8. The molecule has 0 aliphatic rings. The van der Waals surface area contributed by atoms with Gasteiger partial charge in [0.2, 0.25) is 0 Å². The fourth-order valence-corrected chi connectivity index (χ4v) is 4.09. The molecule has 0 fully saturated rings. The van der Waals surface area contributed by atoms with Crippen LogP contribution >= 0.6 is 31.9 Å². The molecule has 0 spiro atoms. The summed E-state index contributed by atoms with van der Waals surface area (Å²) in [6.07, 6.45) is -1.76. The molecule has 0 saturated carbocycles. The van der Waals surface area contributed by atoms with Crippen LogP contribution in [0.2, 0.25) is 0 Å². The number of esters is 1. The molecule has 1 unspecified atom stereocenters. The van der Waals surface area contributed by atoms with E-state index in [0.717, 1.165) is 8.70 Å². The molecule has 0 bridgehead atoms. The van der Waals surface area contributed by atoms with E-state index in [2.05, 4.69) is 70.3 Å². The van der Waals surface area contributed by atoms with Gasteiger partial charge in [-0.25, -0.2) is 0 Å². The Morgan fingerprint density at radius 2 is 1.79 bits per heavy atom. The molecule has 4 radical (unpaired) electrons. The summed E-state index contributed by atoms with van der Waals surface area (Å²) in [5.74, 6) is 0.388. The first-order chi connectivity index (χ1) is 11.3. The Morgan fingerprint density at radius 1 is 1.17 bits per heavy atom. The van der Waals surface area contributed by atoms with Crippen molar-refractivity contribution >= 4 is 80.2 Å². The Labute approximate surface area is 173 Å². The van der Waals surface area contributed by atoms with Crippen LogP contribution in [-0.2, 0) is 16.0 Å². The molecule has 2 rings (SSSR count). The van der Waals surface area contributed by atoms with Crippen LogP contribution in [0.5, 0.6) is 11.5 Å². The monoisotopic (exact) mass is 578 g/mol. The van der Waals surface area contributed by atoms with Gasteiger partial charge in [-0.1, -0.05) is 0 Å². The first kappa shape index (κ1) is 20.0. The number of carbonyl (C=O) groups excluding carboxylic acids is 1. The summed E-state index contributed by atoms with van der Waals surface area (Å²) in [7, 11) is 1.17. The van der Waals surface area contributed by atoms with E-state index < -0.39 is 12.1 Å². The Hall–Kier alpha value is -0.283. The molecule has 2 aromatic carbocycles. The molecule has 0 aromatic heterocycles. The van der Waals surface area contributed by atoms with Gasteiger partial charge >= 0.3 is 168 Å². The Kier molecular flexibility index (Phi) is 7.42. The van der Waals surface area contributed by atoms with Gasteiger partial charge in [-0.2, -0.15) is 0 Å². The molecule has 1 atom stereocenters. The van der Waals surface area contributed by atoms with Crippen LogP contribution in [0.1, 0.15) is 5.56 Å². The molecule has 0 amide bonds. The first-order valence-electron chi connectivity index (χ1n) is 6.71. The average Bonchev–Trinajstić information content (AvgIpc) is 2.53. The minimum atomic E-state index is -1.70. The molecular weight excluding hydrogens is 569 g/mol. The second kappa shape index (κ2) is 8.89. The number of carbonyl (C=O) groups is 1. The van der Waals surface area contributed by atoms with Crippen LogP contribution in [0.25, 0.3) is 0 Å². The SMILES string of the molecule is COC(=O)C(F)Cc1cc(Br)c(Oc2ccc([As])c([As])c2)c(Br)c1. The van der Waals surface area contributed by atoms with Crippen LogP contribution in [0.15, 0.2) is 39.3 Å². The molecule has 3 nitrogen and oxygen atoms in total. The first-order valence-corrected chi connectivity index (χ1v) is 10.2. The van der Waals surface area contributed by atoms with Crippen LogP contribution in [0.3, 0.4) is 0 Å². The standard InChI is InChI=1S/C16H11As2Br2FO3/c1-23-16(22)14(21)6-8-4-12(19)15(13(20)5-8)24-9-2-3-10(17)11(18)7-9/h2-5,7,14H,6H2,1H3. The van der Waals surface area contributed by atoms with E-state index in [4.69, 9.17) is 4.74 Å². The molecule has 0 N–H and O–H groups in total. The summed E-state index contributed by atoms with van der Waals surface area (Å²) in [5, 5.41) is 0. The van der Waals surface area contributed by atoms with Crippen LogP contribution in [0, 0.1) is 0 Å². The van der Waals surface area contributed by atoms with Crippen molar-refractivity contribution in [2.75, 3.05) is 7.11 Å². The molecule has 8 heteroatoms. The van der Waals surface area contributed by atoms with E-state index in [1.807, 2.05) is 18.2 Å². The molecule has 0 aliphatic carbocycles. The molecule has 0 aliphatic heterocycles. The van der Waals surface area contributed by atoms with Crippen molar-refractivity contribution in [2.24, 2.45) is 0 Å². The van der Waals surface area contributed by atoms with Gasteiger partial charge in [0.05, 0.1) is 7.11 Å². The van der Waals surface area contributed by atoms with Gasteiger partial charge in [0.1, 0.15) is 0 Å². The van der Waals surface area contributed by atoms with Gasteiger partial charge < -0.3 is 0 Å². The number of rotatable bonds is 5. The number of benzene rings is 2. The van der Waals surface area contributed by atoms with E-state index in [9.17, 15) is 9.18 Å². The molecule has 0 heterocycles. The predicted octanol–water partition coefficient (Wildman–Crippen LogP) is 2.65. The zero-order valence-corrected chi connectivity index (χ0v) is 19.3. The summed E-state index contributed by atoms with van der Waals surface area (Å²) in [5.41, 5.74) is 0.646. The summed E-state index contributed by atoms with van der Waals surface area (Å²) in [6, 6.07) is 9.18. The summed E-state index contributed by atoms with van der Waals surface area (Å²) in [4.78, 5) is 11.2. The maximum absolute atomic E-state index is 13.7. The normalized spacial score (nSPS) is 11.9. The number of methoxy groups -OCH3 is 1. The van der Waals surface area contributed by atoms with E-state index in [-0.39, 0.29) is 6.42 Å². The van der Waals surface area contributed by atoms with E-state index in [1.54, 1.807) is 12.1 Å². The molecule has 0 saturated heterocycles. The second-order valence-corrected chi connectivity index (χ2v) is 8.57. The molecular formula is C16H11As2Br2FO3. The van der Waals surface area contributed by atoms with Crippen molar-refractivity contribution in [3.8, 4) is 11.5 Å². The third-order valence-electron chi connectivity index (χ3n) is 3.10. The topological polar surface area (TPSA) is 35.5 Å². The number of hydrogen-bond acceptors (Lipinski definition) is 3. The van der Waals surface area contributed by atoms with Crippen molar-refractivity contribution in [1.82, 2.24) is 0 Å². The van der Waals surface area contributed by atoms with Gasteiger partial charge in [0.25, 0.3) is 0 Å². The predicted molar refractivity (Wildman–Crippen MR) is 99.8 cm³/mol. The van der Waals surface area contributed by atoms with Gasteiger partial charge in [-0.05, 0) is 0 Å². The number of alkyl halides is 1. The number of ether oxygens (including phenoxy) is 2. The van der Waals surface area contributed by atoms with E-state index in [1.165, 1.54) is 7.11 Å². The number of hydrogen-bond donors (Lipinski definition) is 0.